The number of methoxy groups -OCH3 is 1. The summed E-state index contributed by atoms with van der Waals surface area (Å²) in [6.07, 6.45) is 1.62. The molecule has 0 fully saturated rings. The number of aromatic nitrogens is 1. The van der Waals surface area contributed by atoms with Gasteiger partial charge in [-0.3, -0.25) is 4.99 Å². The zero-order valence-electron chi connectivity index (χ0n) is 15.0. The van der Waals surface area contributed by atoms with E-state index in [1.54, 1.807) is 13.3 Å². The molecule has 1 aromatic heterocycles. The second-order valence-electron chi connectivity index (χ2n) is 6.14. The number of rotatable bonds is 4. The second kappa shape index (κ2) is 6.96. The molecule has 0 aliphatic carbocycles. The first kappa shape index (κ1) is 16.8. The van der Waals surface area contributed by atoms with Crippen LogP contribution in [0.4, 0.5) is 5.69 Å². The average Bonchev–Trinajstić information content (AvgIpc) is 3.13. The van der Waals surface area contributed by atoms with E-state index in [2.05, 4.69) is 9.98 Å². The van der Waals surface area contributed by atoms with Gasteiger partial charge in [-0.2, -0.15) is 0 Å². The van der Waals surface area contributed by atoms with Gasteiger partial charge in [-0.05, 0) is 48.9 Å². The Morgan fingerprint density at radius 3 is 2.74 bits per heavy atom. The molecule has 1 N–H and O–H groups in total. The molecule has 1 heterocycles. The summed E-state index contributed by atoms with van der Waals surface area (Å²) in [5.41, 5.74) is 4.40. The van der Waals surface area contributed by atoms with Gasteiger partial charge in [0.1, 0.15) is 22.7 Å². The van der Waals surface area contributed by atoms with Crippen LogP contribution >= 0.6 is 0 Å². The summed E-state index contributed by atoms with van der Waals surface area (Å²) in [4.78, 5) is 9.03. The van der Waals surface area contributed by atoms with Gasteiger partial charge in [-0.1, -0.05) is 24.3 Å². The summed E-state index contributed by atoms with van der Waals surface area (Å²) in [5, 5.41) is 10.2. The number of nitrogens with zero attached hydrogens (tertiary/aromatic N) is 2. The maximum absolute atomic E-state index is 10.2. The lowest BCUT2D eigenvalue weighted by Gasteiger charge is -2.06. The van der Waals surface area contributed by atoms with Crippen molar-refractivity contribution < 1.29 is 14.3 Å². The highest BCUT2D eigenvalue weighted by Crippen LogP contribution is 2.34. The minimum atomic E-state index is 0.218. The third kappa shape index (κ3) is 3.27. The Kier molecular flexibility index (Phi) is 4.34. The van der Waals surface area contributed by atoms with Gasteiger partial charge in [-0.15, -0.1) is 0 Å². The van der Waals surface area contributed by atoms with Crippen molar-refractivity contribution in [1.29, 1.82) is 0 Å². The molecular formula is C22H18N2O3. The van der Waals surface area contributed by atoms with Crippen LogP contribution in [-0.4, -0.2) is 23.4 Å². The lowest BCUT2D eigenvalue weighted by Crippen LogP contribution is -1.88. The summed E-state index contributed by atoms with van der Waals surface area (Å²) in [7, 11) is 1.59. The van der Waals surface area contributed by atoms with Crippen molar-refractivity contribution in [3.8, 4) is 23.0 Å². The summed E-state index contributed by atoms with van der Waals surface area (Å²) < 4.78 is 11.2. The first-order valence-electron chi connectivity index (χ1n) is 8.52. The van der Waals surface area contributed by atoms with Gasteiger partial charge in [0.15, 0.2) is 5.58 Å². The van der Waals surface area contributed by atoms with Crippen LogP contribution in [0.1, 0.15) is 11.1 Å². The van der Waals surface area contributed by atoms with Crippen molar-refractivity contribution in [2.75, 3.05) is 7.11 Å². The monoisotopic (exact) mass is 358 g/mol. The molecule has 0 bridgehead atoms. The van der Waals surface area contributed by atoms with E-state index >= 15 is 0 Å². The molecule has 0 aliphatic heterocycles. The van der Waals surface area contributed by atoms with Crippen molar-refractivity contribution in [3.05, 3.63) is 71.8 Å². The predicted octanol–water partition coefficient (Wildman–Crippen LogP) is 5.27. The lowest BCUT2D eigenvalue weighted by molar-refractivity contribution is 0.416. The van der Waals surface area contributed by atoms with Crippen LogP contribution in [0.5, 0.6) is 11.5 Å². The van der Waals surface area contributed by atoms with Crippen molar-refractivity contribution in [2.24, 2.45) is 4.99 Å². The number of hydrogen-bond donors (Lipinski definition) is 1. The van der Waals surface area contributed by atoms with Crippen molar-refractivity contribution >= 4 is 23.0 Å². The third-order valence-electron chi connectivity index (χ3n) is 4.33. The van der Waals surface area contributed by atoms with Gasteiger partial charge < -0.3 is 14.3 Å². The minimum Gasteiger partial charge on any atom is -0.507 e. The molecule has 0 saturated carbocycles. The Hall–Kier alpha value is -3.60. The summed E-state index contributed by atoms with van der Waals surface area (Å²) >= 11 is 0. The molecule has 0 saturated heterocycles. The number of aliphatic imine (C=N–C) groups is 1. The van der Waals surface area contributed by atoms with Gasteiger partial charge in [0.25, 0.3) is 0 Å². The fourth-order valence-corrected chi connectivity index (χ4v) is 2.84. The highest BCUT2D eigenvalue weighted by molar-refractivity contribution is 5.87. The number of hydrogen-bond acceptors (Lipinski definition) is 5. The summed E-state index contributed by atoms with van der Waals surface area (Å²) in [6.45, 7) is 1.85. The summed E-state index contributed by atoms with van der Waals surface area (Å²) in [5.74, 6) is 1.36. The number of phenols is 1. The van der Waals surface area contributed by atoms with Crippen LogP contribution in [0.2, 0.25) is 0 Å². The number of benzene rings is 3. The molecule has 27 heavy (non-hydrogen) atoms. The molecule has 4 aromatic rings. The zero-order chi connectivity index (χ0) is 18.8. The minimum absolute atomic E-state index is 0.218. The van der Waals surface area contributed by atoms with Crippen molar-refractivity contribution in [3.63, 3.8) is 0 Å². The lowest BCUT2D eigenvalue weighted by atomic mass is 10.1. The Morgan fingerprint density at radius 1 is 1.07 bits per heavy atom. The standard InChI is InChI=1S/C22H18N2O3/c1-14-6-5-7-16(21(14)25)13-23-18-12-15(10-11-19(18)26-2)22-24-17-8-3-4-9-20(17)27-22/h3-13,25H,1-2H3. The molecule has 0 atom stereocenters. The van der Waals surface area contributed by atoms with Gasteiger partial charge in [0.2, 0.25) is 5.89 Å². The highest BCUT2D eigenvalue weighted by atomic mass is 16.5. The molecule has 3 aromatic carbocycles. The van der Waals surface area contributed by atoms with Crippen molar-refractivity contribution in [2.45, 2.75) is 6.92 Å². The number of fused-ring (bicyclic) bond motifs is 1. The topological polar surface area (TPSA) is 67.9 Å². The fraction of sp³-hybridized carbons (Fsp3) is 0.0909. The molecule has 0 unspecified atom stereocenters. The second-order valence-corrected chi connectivity index (χ2v) is 6.14. The first-order chi connectivity index (χ1) is 13.2. The molecule has 0 amide bonds. The van der Waals surface area contributed by atoms with Crippen LogP contribution in [-0.2, 0) is 0 Å². The third-order valence-corrected chi connectivity index (χ3v) is 4.33. The molecule has 5 nitrogen and oxygen atoms in total. The summed E-state index contributed by atoms with van der Waals surface area (Å²) in [6, 6.07) is 18.7. The average molecular weight is 358 g/mol. The number of phenolic OH excluding ortho intramolecular Hbond substituents is 1. The van der Waals surface area contributed by atoms with Crippen LogP contribution in [0.25, 0.3) is 22.6 Å². The Morgan fingerprint density at radius 2 is 1.93 bits per heavy atom. The maximum atomic E-state index is 10.2. The Balaban J connectivity index is 1.74. The van der Waals surface area contributed by atoms with E-state index in [1.807, 2.05) is 67.6 Å². The van der Waals surface area contributed by atoms with E-state index in [-0.39, 0.29) is 5.75 Å². The van der Waals surface area contributed by atoms with E-state index < -0.39 is 0 Å². The molecule has 0 aliphatic rings. The highest BCUT2D eigenvalue weighted by Gasteiger charge is 2.11. The molecule has 0 spiro atoms. The number of ether oxygens (including phenoxy) is 1. The number of aromatic hydroxyl groups is 1. The molecular weight excluding hydrogens is 340 g/mol. The predicted molar refractivity (Wildman–Crippen MR) is 106 cm³/mol. The number of para-hydroxylation sites is 3. The first-order valence-corrected chi connectivity index (χ1v) is 8.52. The van der Waals surface area contributed by atoms with Gasteiger partial charge >= 0.3 is 0 Å². The Labute approximate surface area is 156 Å². The van der Waals surface area contributed by atoms with E-state index in [9.17, 15) is 5.11 Å². The largest absolute Gasteiger partial charge is 0.507 e. The molecule has 4 rings (SSSR count). The van der Waals surface area contributed by atoms with E-state index in [0.717, 1.165) is 22.2 Å². The van der Waals surface area contributed by atoms with Crippen LogP contribution < -0.4 is 4.74 Å². The van der Waals surface area contributed by atoms with Gasteiger partial charge in [0, 0.05) is 17.3 Å². The van der Waals surface area contributed by atoms with Gasteiger partial charge in [0.05, 0.1) is 7.11 Å². The van der Waals surface area contributed by atoms with E-state index in [0.29, 0.717) is 22.9 Å². The molecule has 134 valence electrons. The van der Waals surface area contributed by atoms with E-state index in [4.69, 9.17) is 9.15 Å². The van der Waals surface area contributed by atoms with Crippen LogP contribution in [0, 0.1) is 6.92 Å². The quantitative estimate of drug-likeness (QED) is 0.505. The zero-order valence-corrected chi connectivity index (χ0v) is 15.0. The number of aryl methyl sites for hydroxylation is 1. The molecule has 0 radical (unpaired) electrons. The molecule has 5 heteroatoms. The number of oxazole rings is 1. The van der Waals surface area contributed by atoms with Crippen molar-refractivity contribution in [1.82, 2.24) is 4.98 Å². The normalized spacial score (nSPS) is 11.3. The van der Waals surface area contributed by atoms with Crippen LogP contribution in [0.15, 0.2) is 70.1 Å². The van der Waals surface area contributed by atoms with Crippen LogP contribution in [0.3, 0.4) is 0 Å². The Bertz CT molecular complexity index is 1110. The van der Waals surface area contributed by atoms with E-state index in [1.165, 1.54) is 0 Å². The van der Waals surface area contributed by atoms with Gasteiger partial charge in [-0.25, -0.2) is 4.98 Å². The SMILES string of the molecule is COc1ccc(-c2nc3ccccc3o2)cc1N=Cc1cccc(C)c1O. The maximum Gasteiger partial charge on any atom is 0.227 e. The fourth-order valence-electron chi connectivity index (χ4n) is 2.84. The smallest absolute Gasteiger partial charge is 0.227 e.